The first-order chi connectivity index (χ1) is 57.9. The second kappa shape index (κ2) is 37.6. The maximum absolute atomic E-state index is 16.6. The molecule has 29 nitrogen and oxygen atoms in total. The van der Waals surface area contributed by atoms with E-state index in [0.717, 1.165) is 33.4 Å². The number of hydrogen-bond donors (Lipinski definition) is 6. The van der Waals surface area contributed by atoms with Crippen molar-refractivity contribution in [2.45, 2.75) is 69.6 Å². The van der Waals surface area contributed by atoms with Gasteiger partial charge in [0.2, 0.25) is 29.6 Å². The number of nitrogens with two attached hydrogens (primary N) is 2. The Balaban J connectivity index is 0.000000157. The summed E-state index contributed by atoms with van der Waals surface area (Å²) in [5.74, 6) is -2.08. The third-order valence-corrected chi connectivity index (χ3v) is 23.1. The van der Waals surface area contributed by atoms with E-state index in [2.05, 4.69) is 35.2 Å². The zero-order valence-electron chi connectivity index (χ0n) is 67.9. The van der Waals surface area contributed by atoms with Crippen molar-refractivity contribution in [1.29, 1.82) is 0 Å². The quantitative estimate of drug-likeness (QED) is 0.0438. The molecular weight excluding hydrogens is 1620 g/mol. The first-order valence-corrected chi connectivity index (χ1v) is 40.8. The first-order valence-electron chi connectivity index (χ1n) is 39.7. The Kier molecular flexibility index (Phi) is 27.0. The summed E-state index contributed by atoms with van der Waals surface area (Å²) < 4.78 is 61.1. The highest BCUT2D eigenvalue weighted by Crippen LogP contribution is 2.47. The molecule has 6 aromatic carbocycles. The minimum atomic E-state index is -0.651. The minimum Gasteiger partial charge on any atom is -0.512 e. The van der Waals surface area contributed by atoms with E-state index in [1.54, 1.807) is 83.6 Å². The van der Waals surface area contributed by atoms with E-state index in [-0.39, 0.29) is 146 Å². The van der Waals surface area contributed by atoms with E-state index in [9.17, 15) is 44.1 Å². The van der Waals surface area contributed by atoms with Gasteiger partial charge >= 0.3 is 24.1 Å². The van der Waals surface area contributed by atoms with E-state index in [0.29, 0.717) is 138 Å². The van der Waals surface area contributed by atoms with Gasteiger partial charge in [0.25, 0.3) is 0 Å². The molecule has 6 aliphatic rings. The van der Waals surface area contributed by atoms with Gasteiger partial charge in [0.05, 0.1) is 30.1 Å². The van der Waals surface area contributed by atoms with Crippen molar-refractivity contribution >= 4 is 127 Å². The van der Waals surface area contributed by atoms with Crippen LogP contribution in [0, 0.1) is 17.5 Å². The van der Waals surface area contributed by atoms with Gasteiger partial charge in [0.15, 0.2) is 17.5 Å². The lowest BCUT2D eigenvalue weighted by Gasteiger charge is -2.36. The van der Waals surface area contributed by atoms with E-state index in [4.69, 9.17) is 55.7 Å². The predicted molar refractivity (Wildman–Crippen MR) is 457 cm³/mol. The number of aliphatic hydroxyl groups is 3. The molecule has 8 N–H and O–H groups in total. The summed E-state index contributed by atoms with van der Waals surface area (Å²) in [7, 11) is 9.96. The minimum absolute atomic E-state index is 0.00604. The van der Waals surface area contributed by atoms with Gasteiger partial charge in [0, 0.05) is 225 Å². The molecule has 35 heteroatoms. The number of amides is 8. The molecule has 3 aromatic heterocycles. The largest absolute Gasteiger partial charge is 0.512 e. The smallest absolute Gasteiger partial charge is 0.319 e. The first kappa shape index (κ1) is 86.7. The number of urea groups is 2. The number of anilines is 4. The lowest BCUT2D eigenvalue weighted by molar-refractivity contribution is -0.131. The van der Waals surface area contributed by atoms with Crippen LogP contribution in [0.1, 0.15) is 100 Å². The van der Waals surface area contributed by atoms with Gasteiger partial charge in [-0.25, -0.2) is 27.7 Å². The number of piperazine rings is 3. The molecule has 3 atom stereocenters. The number of fused-ring (bicyclic) bond motifs is 6. The van der Waals surface area contributed by atoms with Crippen LogP contribution in [0.3, 0.4) is 0 Å². The van der Waals surface area contributed by atoms with Crippen LogP contribution in [0.4, 0.5) is 46.2 Å². The highest BCUT2D eigenvalue weighted by atomic mass is 35.5. The second-order valence-corrected chi connectivity index (χ2v) is 31.8. The summed E-state index contributed by atoms with van der Waals surface area (Å²) in [6.45, 7) is 7.28. The molecule has 3 aliphatic heterocycles. The Morgan fingerprint density at radius 2 is 0.769 bits per heavy atom. The van der Waals surface area contributed by atoms with E-state index < -0.39 is 47.3 Å². The maximum Gasteiger partial charge on any atom is 0.319 e. The van der Waals surface area contributed by atoms with Crippen molar-refractivity contribution < 1.29 is 66.7 Å². The van der Waals surface area contributed by atoms with Crippen LogP contribution in [0.2, 0.25) is 15.1 Å². The second-order valence-electron chi connectivity index (χ2n) is 30.6. The Hall–Kier alpha value is -12.2. The van der Waals surface area contributed by atoms with Gasteiger partial charge in [-0.05, 0) is 69.8 Å². The lowest BCUT2D eigenvalue weighted by Crippen LogP contribution is -2.50. The van der Waals surface area contributed by atoms with Gasteiger partial charge < -0.3 is 85.7 Å². The van der Waals surface area contributed by atoms with E-state index >= 15 is 13.2 Å². The van der Waals surface area contributed by atoms with Crippen molar-refractivity contribution in [3.05, 3.63) is 209 Å². The molecule has 6 heterocycles. The summed E-state index contributed by atoms with van der Waals surface area (Å²) in [4.78, 5) is 114. The number of aliphatic hydroxyl groups excluding tert-OH is 3. The average molecular weight is 1720 g/mol. The van der Waals surface area contributed by atoms with Gasteiger partial charge in [-0.15, -0.1) is 0 Å². The predicted octanol–water partition coefficient (Wildman–Crippen LogP) is 11.7. The molecule has 121 heavy (non-hydrogen) atoms. The maximum atomic E-state index is 16.6. The molecule has 3 saturated heterocycles. The van der Waals surface area contributed by atoms with Gasteiger partial charge in [-0.1, -0.05) is 115 Å². The van der Waals surface area contributed by atoms with E-state index in [1.165, 1.54) is 24.5 Å². The standard InChI is InChI=1S/C30H33ClFN5O4.C28H31ClFN7O3.C28H30ClFN6O4/c1-4-24(39)36-10-12-37(13-11-36)29-22-17-23(31)26(21-16-19(38)15-18-7-5-6-8-20(18)21)27(32)28(22)33-30(34-29)41-14-9-25(40)35(2)3;1-35(2)22(39)7-8-32-28-33-25-20(26(34-28)36-9-11-37(12-10-36)27(31)40)15-21(29)23(24(25)30)19-14-17(38)13-16-5-3-4-6-18(16)19;1-34(2)22(38)7-12-40-28-32-25-20(26(33-28)35-8-10-36(11-9-35)27(31)39)15-21(29)23(24(25)30)19-14-17(37)13-16-5-3-4-6-18(16)19/h5-8,16-17,21,38H,4,9-15H2,1-3H3;3-6,14-15,19,38H,7-13H2,1-2H3,(H2,31,40)(H,32,33,34);3-6,14-15,19,37H,7-13H2,1-2H3,(H2,31,39)/t21-;2*19-/m000/s1. The number of carbonyl (C=O) groups excluding carboxylic acids is 6. The average Bonchev–Trinajstić information content (AvgIpc) is 0.753. The molecule has 0 saturated carbocycles. The lowest BCUT2D eigenvalue weighted by atomic mass is 9.82. The Morgan fingerprint density at radius 1 is 0.455 bits per heavy atom. The van der Waals surface area contributed by atoms with Gasteiger partial charge in [0.1, 0.15) is 47.2 Å². The van der Waals surface area contributed by atoms with Gasteiger partial charge in [-0.2, -0.15) is 24.9 Å². The van der Waals surface area contributed by atoms with Crippen LogP contribution in [-0.2, 0) is 38.4 Å². The number of hydrogen-bond acceptors (Lipinski definition) is 21. The van der Waals surface area contributed by atoms with Crippen LogP contribution < -0.4 is 41.0 Å². The van der Waals surface area contributed by atoms with Gasteiger partial charge in [-0.3, -0.25) is 19.2 Å². The van der Waals surface area contributed by atoms with Crippen LogP contribution in [-0.4, -0.2) is 251 Å². The van der Waals surface area contributed by atoms with Crippen LogP contribution >= 0.6 is 34.8 Å². The molecule has 0 bridgehead atoms. The SMILES string of the molecule is CCC(=O)N1CCN(c2nc(OCCC(=O)N(C)C)nc3c(F)c([C@H]4C=C(O)Cc5ccccc54)c(Cl)cc23)CC1.CN(C)C(=O)CCNc1nc(N2CCN(C(N)=O)CC2)c2cc(Cl)c([C@H]3C=C(O)Cc4ccccc43)c(F)c2n1.CN(C)C(=O)CCOc1nc(N2CCN(C(N)=O)CC2)c2cc(Cl)c([C@H]3C=C(O)Cc4ccccc43)c(F)c2n1. The molecule has 3 aliphatic carbocycles. The zero-order valence-corrected chi connectivity index (χ0v) is 70.2. The Labute approximate surface area is 711 Å². The molecule has 9 aromatic rings. The van der Waals surface area contributed by atoms with Crippen LogP contribution in [0.25, 0.3) is 32.7 Å². The number of primary amides is 2. The number of nitrogens with zero attached hydrogens (tertiary/aromatic N) is 15. The molecule has 3 fully saturated rings. The number of halogens is 6. The number of benzene rings is 6. The number of allylic oxidation sites excluding steroid dienone is 6. The summed E-state index contributed by atoms with van der Waals surface area (Å²) >= 11 is 20.3. The van der Waals surface area contributed by atoms with Crippen LogP contribution in [0.15, 0.2) is 127 Å². The molecule has 0 spiro atoms. The fourth-order valence-corrected chi connectivity index (χ4v) is 16.7. The number of aromatic nitrogens is 6. The fraction of sp³-hybridized carbons (Fsp3) is 0.372. The van der Waals surface area contributed by atoms with Crippen molar-refractivity contribution in [2.75, 3.05) is 161 Å². The number of carbonyl (C=O) groups is 6. The topological polar surface area (TPSA) is 352 Å². The van der Waals surface area contributed by atoms with Crippen molar-refractivity contribution in [2.24, 2.45) is 11.5 Å². The normalized spacial score (nSPS) is 16.9. The number of ether oxygens (including phenoxy) is 2. The summed E-state index contributed by atoms with van der Waals surface area (Å²) in [5, 5.41) is 36.2. The summed E-state index contributed by atoms with van der Waals surface area (Å²) in [5.41, 5.74) is 16.8. The van der Waals surface area contributed by atoms with Crippen LogP contribution in [0.5, 0.6) is 12.0 Å². The molecule has 0 unspecified atom stereocenters. The molecule has 8 amide bonds. The number of nitrogens with one attached hydrogen (secondary N) is 1. The highest BCUT2D eigenvalue weighted by molar-refractivity contribution is 6.33. The van der Waals surface area contributed by atoms with Crippen molar-refractivity contribution in [3.63, 3.8) is 0 Å². The summed E-state index contributed by atoms with van der Waals surface area (Å²) in [6, 6.07) is 26.5. The van der Waals surface area contributed by atoms with Crippen molar-refractivity contribution in [3.8, 4) is 12.0 Å². The molecule has 0 radical (unpaired) electrons. The highest BCUT2D eigenvalue weighted by Gasteiger charge is 2.36. The third-order valence-electron chi connectivity index (χ3n) is 22.2. The Morgan fingerprint density at radius 3 is 1.10 bits per heavy atom. The molecular formula is C86H94Cl3F3N18O11. The Bertz CT molecular complexity index is 5380. The third kappa shape index (κ3) is 19.2. The van der Waals surface area contributed by atoms with E-state index in [1.807, 2.05) is 94.4 Å². The zero-order chi connectivity index (χ0) is 86.4. The number of rotatable bonds is 19. The van der Waals surface area contributed by atoms with Crippen molar-refractivity contribution in [1.82, 2.24) is 59.3 Å². The molecule has 636 valence electrons. The fourth-order valence-electron chi connectivity index (χ4n) is 15.7. The molecule has 15 rings (SSSR count). The monoisotopic (exact) mass is 1720 g/mol. The summed E-state index contributed by atoms with van der Waals surface area (Å²) in [6.07, 6.45) is 6.77.